The Bertz CT molecular complexity index is 293. The monoisotopic (exact) mass is 208 g/mol. The lowest BCUT2D eigenvalue weighted by Gasteiger charge is -2.09. The van der Waals surface area contributed by atoms with Gasteiger partial charge in [-0.25, -0.2) is 0 Å². The molecule has 0 saturated heterocycles. The number of methoxy groups -OCH3 is 1. The van der Waals surface area contributed by atoms with Crippen LogP contribution in [0.15, 0.2) is 30.9 Å². The first-order chi connectivity index (χ1) is 7.27. The van der Waals surface area contributed by atoms with Crippen LogP contribution in [0, 0.1) is 6.92 Å². The Morgan fingerprint density at radius 3 is 2.47 bits per heavy atom. The van der Waals surface area contributed by atoms with Gasteiger partial charge in [0.25, 0.3) is 0 Å². The van der Waals surface area contributed by atoms with E-state index < -0.39 is 0 Å². The fourth-order valence-electron chi connectivity index (χ4n) is 1.04. The summed E-state index contributed by atoms with van der Waals surface area (Å²) in [6.07, 6.45) is 1.71. The molecule has 2 heteroatoms. The third kappa shape index (κ3) is 4.54. The lowest BCUT2D eigenvalue weighted by atomic mass is 10.2. The highest BCUT2D eigenvalue weighted by Crippen LogP contribution is 2.27. The van der Waals surface area contributed by atoms with Gasteiger partial charge in [-0.2, -0.15) is 0 Å². The maximum Gasteiger partial charge on any atom is 0.161 e. The van der Waals surface area contributed by atoms with Crippen LogP contribution >= 0.6 is 0 Å². The molecule has 0 spiro atoms. The first-order valence-corrected chi connectivity index (χ1v) is 5.16. The maximum absolute atomic E-state index is 5.39. The van der Waals surface area contributed by atoms with Crippen LogP contribution in [0.25, 0.3) is 0 Å². The van der Waals surface area contributed by atoms with E-state index in [2.05, 4.69) is 6.58 Å². The smallest absolute Gasteiger partial charge is 0.161 e. The highest BCUT2D eigenvalue weighted by molar-refractivity contribution is 5.42. The van der Waals surface area contributed by atoms with Gasteiger partial charge in [0, 0.05) is 0 Å². The number of aryl methyl sites for hydroxylation is 1. The van der Waals surface area contributed by atoms with E-state index in [1.165, 1.54) is 0 Å². The summed E-state index contributed by atoms with van der Waals surface area (Å²) in [5, 5.41) is 0. The standard InChI is InChI=1S/C11H14O2.C2H6/c1-4-7-13-10-6-5-9(2)8-11(10)12-3;1-2/h4-6,8H,1,7H2,2-3H3;1-2H3. The summed E-state index contributed by atoms with van der Waals surface area (Å²) in [7, 11) is 1.63. The van der Waals surface area contributed by atoms with Gasteiger partial charge in [0.05, 0.1) is 7.11 Å². The summed E-state index contributed by atoms with van der Waals surface area (Å²) in [5.41, 5.74) is 1.16. The van der Waals surface area contributed by atoms with Crippen LogP contribution in [-0.4, -0.2) is 13.7 Å². The number of rotatable bonds is 4. The first-order valence-electron chi connectivity index (χ1n) is 5.16. The van der Waals surface area contributed by atoms with Crippen LogP contribution < -0.4 is 9.47 Å². The summed E-state index contributed by atoms with van der Waals surface area (Å²) in [4.78, 5) is 0. The summed E-state index contributed by atoms with van der Waals surface area (Å²) in [5.74, 6) is 1.52. The van der Waals surface area contributed by atoms with Crippen molar-refractivity contribution in [2.24, 2.45) is 0 Å². The van der Waals surface area contributed by atoms with Crippen molar-refractivity contribution in [1.82, 2.24) is 0 Å². The zero-order valence-corrected chi connectivity index (χ0v) is 10.0. The highest BCUT2D eigenvalue weighted by Gasteiger charge is 2.02. The van der Waals surface area contributed by atoms with Crippen molar-refractivity contribution in [3.05, 3.63) is 36.4 Å². The fourth-order valence-corrected chi connectivity index (χ4v) is 1.04. The van der Waals surface area contributed by atoms with Crippen molar-refractivity contribution >= 4 is 0 Å². The molecule has 0 aliphatic carbocycles. The molecule has 0 aliphatic heterocycles. The van der Waals surface area contributed by atoms with Gasteiger partial charge >= 0.3 is 0 Å². The van der Waals surface area contributed by atoms with Gasteiger partial charge in [-0.3, -0.25) is 0 Å². The van der Waals surface area contributed by atoms with Crippen LogP contribution in [0.2, 0.25) is 0 Å². The minimum Gasteiger partial charge on any atom is -0.493 e. The van der Waals surface area contributed by atoms with E-state index in [0.717, 1.165) is 17.1 Å². The molecule has 0 unspecified atom stereocenters. The summed E-state index contributed by atoms with van der Waals surface area (Å²) in [6.45, 7) is 10.1. The predicted molar refractivity (Wildman–Crippen MR) is 64.8 cm³/mol. The van der Waals surface area contributed by atoms with E-state index in [9.17, 15) is 0 Å². The van der Waals surface area contributed by atoms with Crippen LogP contribution in [-0.2, 0) is 0 Å². The Labute approximate surface area is 92.5 Å². The maximum atomic E-state index is 5.39. The van der Waals surface area contributed by atoms with Gasteiger partial charge in [-0.15, -0.1) is 0 Å². The summed E-state index contributed by atoms with van der Waals surface area (Å²) >= 11 is 0. The first kappa shape index (κ1) is 13.6. The zero-order valence-electron chi connectivity index (χ0n) is 10.0. The van der Waals surface area contributed by atoms with Gasteiger partial charge in [0.15, 0.2) is 11.5 Å². The predicted octanol–water partition coefficient (Wildman–Crippen LogP) is 3.59. The van der Waals surface area contributed by atoms with Crippen molar-refractivity contribution in [2.75, 3.05) is 13.7 Å². The SMILES string of the molecule is C=CCOc1ccc(C)cc1OC.CC. The Hall–Kier alpha value is -1.44. The van der Waals surface area contributed by atoms with Crippen molar-refractivity contribution in [3.8, 4) is 11.5 Å². The van der Waals surface area contributed by atoms with Crippen molar-refractivity contribution < 1.29 is 9.47 Å². The Morgan fingerprint density at radius 1 is 1.27 bits per heavy atom. The van der Waals surface area contributed by atoms with E-state index >= 15 is 0 Å². The van der Waals surface area contributed by atoms with E-state index in [0.29, 0.717) is 6.61 Å². The van der Waals surface area contributed by atoms with Crippen LogP contribution in [0.4, 0.5) is 0 Å². The van der Waals surface area contributed by atoms with Gasteiger partial charge in [0.2, 0.25) is 0 Å². The minimum absolute atomic E-state index is 0.499. The highest BCUT2D eigenvalue weighted by atomic mass is 16.5. The van der Waals surface area contributed by atoms with Crippen molar-refractivity contribution in [2.45, 2.75) is 20.8 Å². The topological polar surface area (TPSA) is 18.5 Å². The summed E-state index contributed by atoms with van der Waals surface area (Å²) in [6, 6.07) is 5.83. The van der Waals surface area contributed by atoms with Crippen LogP contribution in [0.5, 0.6) is 11.5 Å². The molecule has 0 saturated carbocycles. The Balaban J connectivity index is 0.000000921. The van der Waals surface area contributed by atoms with Crippen molar-refractivity contribution in [3.63, 3.8) is 0 Å². The van der Waals surface area contributed by atoms with E-state index in [1.807, 2.05) is 39.0 Å². The van der Waals surface area contributed by atoms with Gasteiger partial charge in [-0.1, -0.05) is 32.6 Å². The molecule has 0 aromatic heterocycles. The number of ether oxygens (including phenoxy) is 2. The second-order valence-electron chi connectivity index (χ2n) is 2.75. The third-order valence-corrected chi connectivity index (χ3v) is 1.68. The number of hydrogen-bond donors (Lipinski definition) is 0. The molecule has 0 bridgehead atoms. The van der Waals surface area contributed by atoms with Crippen LogP contribution in [0.1, 0.15) is 19.4 Å². The molecule has 1 aromatic carbocycles. The normalized spacial score (nSPS) is 8.53. The molecule has 0 radical (unpaired) electrons. The van der Waals surface area contributed by atoms with Gasteiger partial charge < -0.3 is 9.47 Å². The molecule has 0 atom stereocenters. The lowest BCUT2D eigenvalue weighted by Crippen LogP contribution is -1.96. The quantitative estimate of drug-likeness (QED) is 0.704. The van der Waals surface area contributed by atoms with Gasteiger partial charge in [-0.05, 0) is 24.6 Å². The molecule has 1 rings (SSSR count). The van der Waals surface area contributed by atoms with E-state index in [1.54, 1.807) is 13.2 Å². The lowest BCUT2D eigenvalue weighted by molar-refractivity contribution is 0.326. The molecule has 0 fully saturated rings. The molecule has 0 N–H and O–H groups in total. The van der Waals surface area contributed by atoms with E-state index in [-0.39, 0.29) is 0 Å². The molecule has 15 heavy (non-hydrogen) atoms. The second kappa shape index (κ2) is 7.92. The fraction of sp³-hybridized carbons (Fsp3) is 0.385. The second-order valence-corrected chi connectivity index (χ2v) is 2.75. The molecule has 0 heterocycles. The minimum atomic E-state index is 0.499. The third-order valence-electron chi connectivity index (χ3n) is 1.68. The largest absolute Gasteiger partial charge is 0.493 e. The summed E-state index contributed by atoms with van der Waals surface area (Å²) < 4.78 is 10.6. The average molecular weight is 208 g/mol. The molecule has 2 nitrogen and oxygen atoms in total. The molecule has 1 aromatic rings. The molecular weight excluding hydrogens is 188 g/mol. The molecule has 0 aliphatic rings. The van der Waals surface area contributed by atoms with Crippen LogP contribution in [0.3, 0.4) is 0 Å². The Kier molecular flexibility index (Phi) is 7.16. The van der Waals surface area contributed by atoms with E-state index in [4.69, 9.17) is 9.47 Å². The number of benzene rings is 1. The average Bonchev–Trinajstić information content (AvgIpc) is 2.30. The molecule has 84 valence electrons. The van der Waals surface area contributed by atoms with Gasteiger partial charge in [0.1, 0.15) is 6.61 Å². The zero-order chi connectivity index (χ0) is 11.7. The molecular formula is C13H20O2. The Morgan fingerprint density at radius 2 is 1.93 bits per heavy atom. The molecule has 0 amide bonds. The number of hydrogen-bond acceptors (Lipinski definition) is 2. The van der Waals surface area contributed by atoms with Crippen molar-refractivity contribution in [1.29, 1.82) is 0 Å².